The first-order valence-corrected chi connectivity index (χ1v) is 7.29. The lowest BCUT2D eigenvalue weighted by Gasteiger charge is -2.19. The first-order chi connectivity index (χ1) is 10.1. The molecule has 2 heterocycles. The van der Waals surface area contributed by atoms with Crippen molar-refractivity contribution < 1.29 is 14.7 Å². The summed E-state index contributed by atoms with van der Waals surface area (Å²) in [6, 6.07) is 5.26. The molecular weight excluding hydrogens is 306 g/mol. The molecule has 2 N–H and O–H groups in total. The number of carbonyl (C=O) groups excluding carboxylic acids is 1. The summed E-state index contributed by atoms with van der Waals surface area (Å²) in [5.41, 5.74) is 0.406. The smallest absolute Gasteiger partial charge is 0.317 e. The number of rotatable bonds is 5. The number of nitrogens with zero attached hydrogens (tertiary/aromatic N) is 2. The van der Waals surface area contributed by atoms with E-state index in [9.17, 15) is 9.59 Å². The molecule has 0 radical (unpaired) electrons. The number of nitrogens with one attached hydrogen (secondary N) is 1. The Bertz CT molecular complexity index is 536. The zero-order valence-corrected chi connectivity index (χ0v) is 13.0. The number of hydrogen-bond acceptors (Lipinski definition) is 4. The van der Waals surface area contributed by atoms with Crippen LogP contribution in [0.25, 0.3) is 0 Å². The molecule has 1 saturated carbocycles. The van der Waals surface area contributed by atoms with Gasteiger partial charge in [-0.25, -0.2) is 0 Å². The van der Waals surface area contributed by atoms with E-state index in [0.717, 1.165) is 6.54 Å². The lowest BCUT2D eigenvalue weighted by atomic mass is 9.98. The summed E-state index contributed by atoms with van der Waals surface area (Å²) in [6.45, 7) is 1.40. The number of aliphatic carboxylic acids is 1. The van der Waals surface area contributed by atoms with Gasteiger partial charge in [-0.2, -0.15) is 0 Å². The predicted molar refractivity (Wildman–Crippen MR) is 83.0 cm³/mol. The number of amides is 1. The second kappa shape index (κ2) is 7.07. The minimum Gasteiger partial charge on any atom is -0.480 e. The van der Waals surface area contributed by atoms with Gasteiger partial charge < -0.3 is 10.4 Å². The number of carboxylic acids is 1. The summed E-state index contributed by atoms with van der Waals surface area (Å²) < 4.78 is 0. The Morgan fingerprint density at radius 2 is 2.09 bits per heavy atom. The van der Waals surface area contributed by atoms with Gasteiger partial charge in [-0.15, -0.1) is 12.4 Å². The molecule has 1 aromatic heterocycles. The number of pyridine rings is 1. The number of aromatic nitrogens is 1. The molecule has 1 aromatic rings. The van der Waals surface area contributed by atoms with Crippen molar-refractivity contribution in [3.8, 4) is 0 Å². The van der Waals surface area contributed by atoms with Crippen molar-refractivity contribution in [1.29, 1.82) is 0 Å². The number of halogens is 1. The third-order valence-electron chi connectivity index (χ3n) is 4.24. The first-order valence-electron chi connectivity index (χ1n) is 7.29. The second-order valence-electron chi connectivity index (χ2n) is 5.88. The molecule has 2 fully saturated rings. The molecular formula is C15H20ClN3O3. The highest BCUT2D eigenvalue weighted by molar-refractivity contribution is 5.92. The molecule has 7 heteroatoms. The van der Waals surface area contributed by atoms with Crippen LogP contribution in [-0.2, 0) is 4.79 Å². The van der Waals surface area contributed by atoms with E-state index in [-0.39, 0.29) is 30.9 Å². The van der Waals surface area contributed by atoms with Gasteiger partial charge in [0.25, 0.3) is 5.91 Å². The van der Waals surface area contributed by atoms with Crippen molar-refractivity contribution in [2.75, 3.05) is 19.6 Å². The average Bonchev–Trinajstić information content (AvgIpc) is 3.23. The summed E-state index contributed by atoms with van der Waals surface area (Å²) in [7, 11) is 0. The SMILES string of the molecule is Cl.O=C(O)CN1C[C@H](NC(=O)c2ccccn2)[C@@H](C2CC2)C1. The Morgan fingerprint density at radius 3 is 2.68 bits per heavy atom. The Morgan fingerprint density at radius 1 is 1.32 bits per heavy atom. The van der Waals surface area contributed by atoms with Crippen LogP contribution in [0.5, 0.6) is 0 Å². The zero-order valence-electron chi connectivity index (χ0n) is 12.1. The standard InChI is InChI=1S/C15H19N3O3.ClH/c19-14(20)9-18-7-11(10-4-5-10)13(8-18)17-15(21)12-3-1-2-6-16-12;/h1-3,6,10-11,13H,4-5,7-9H2,(H,17,21)(H,19,20);1H/t11-,13+;/m1./s1. The zero-order chi connectivity index (χ0) is 14.8. The molecule has 1 aliphatic heterocycles. The normalized spacial score (nSPS) is 24.5. The fraction of sp³-hybridized carbons (Fsp3) is 0.533. The highest BCUT2D eigenvalue weighted by Crippen LogP contribution is 2.41. The van der Waals surface area contributed by atoms with Gasteiger partial charge in [-0.1, -0.05) is 6.07 Å². The van der Waals surface area contributed by atoms with Gasteiger partial charge in [-0.05, 0) is 36.8 Å². The first kappa shape index (κ1) is 16.7. The largest absolute Gasteiger partial charge is 0.480 e. The molecule has 3 rings (SSSR count). The van der Waals surface area contributed by atoms with Crippen molar-refractivity contribution >= 4 is 24.3 Å². The molecule has 1 aliphatic carbocycles. The van der Waals surface area contributed by atoms with Gasteiger partial charge in [0.15, 0.2) is 0 Å². The Kier molecular flexibility index (Phi) is 5.37. The lowest BCUT2D eigenvalue weighted by Crippen LogP contribution is -2.41. The molecule has 6 nitrogen and oxygen atoms in total. The van der Waals surface area contributed by atoms with E-state index < -0.39 is 5.97 Å². The van der Waals surface area contributed by atoms with Crippen LogP contribution in [0, 0.1) is 11.8 Å². The quantitative estimate of drug-likeness (QED) is 0.845. The van der Waals surface area contributed by atoms with E-state index >= 15 is 0 Å². The van der Waals surface area contributed by atoms with Gasteiger partial charge in [-0.3, -0.25) is 19.5 Å². The fourth-order valence-corrected chi connectivity index (χ4v) is 3.13. The topological polar surface area (TPSA) is 82.5 Å². The maximum Gasteiger partial charge on any atom is 0.317 e. The van der Waals surface area contributed by atoms with Gasteiger partial charge in [0.05, 0.1) is 6.54 Å². The highest BCUT2D eigenvalue weighted by Gasteiger charge is 2.43. The van der Waals surface area contributed by atoms with Crippen LogP contribution < -0.4 is 5.32 Å². The molecule has 2 atom stereocenters. The van der Waals surface area contributed by atoms with E-state index in [1.807, 2.05) is 4.90 Å². The monoisotopic (exact) mass is 325 g/mol. The van der Waals surface area contributed by atoms with E-state index in [1.54, 1.807) is 24.4 Å². The van der Waals surface area contributed by atoms with Gasteiger partial charge >= 0.3 is 5.97 Å². The number of carboxylic acid groups (broad SMARTS) is 1. The molecule has 2 aliphatic rings. The fourth-order valence-electron chi connectivity index (χ4n) is 3.13. The Labute approximate surface area is 135 Å². The number of likely N-dealkylation sites (tertiary alicyclic amines) is 1. The van der Waals surface area contributed by atoms with Crippen LogP contribution in [0.3, 0.4) is 0 Å². The van der Waals surface area contributed by atoms with E-state index in [2.05, 4.69) is 10.3 Å². The van der Waals surface area contributed by atoms with Crippen LogP contribution in [0.1, 0.15) is 23.3 Å². The minimum absolute atomic E-state index is 0. The third-order valence-corrected chi connectivity index (χ3v) is 4.24. The third kappa shape index (κ3) is 3.96. The van der Waals surface area contributed by atoms with Gasteiger partial charge in [0.1, 0.15) is 5.69 Å². The lowest BCUT2D eigenvalue weighted by molar-refractivity contribution is -0.138. The molecule has 22 heavy (non-hydrogen) atoms. The van der Waals surface area contributed by atoms with Crippen LogP contribution in [0.15, 0.2) is 24.4 Å². The van der Waals surface area contributed by atoms with E-state index in [4.69, 9.17) is 5.11 Å². The molecule has 1 amide bonds. The van der Waals surface area contributed by atoms with Gasteiger partial charge in [0, 0.05) is 25.3 Å². The molecule has 0 bridgehead atoms. The summed E-state index contributed by atoms with van der Waals surface area (Å²) >= 11 is 0. The van der Waals surface area contributed by atoms with Crippen LogP contribution in [-0.4, -0.2) is 52.5 Å². The van der Waals surface area contributed by atoms with Crippen molar-refractivity contribution in [1.82, 2.24) is 15.2 Å². The molecule has 1 saturated heterocycles. The maximum absolute atomic E-state index is 12.2. The van der Waals surface area contributed by atoms with E-state index in [1.165, 1.54) is 12.8 Å². The summed E-state index contributed by atoms with van der Waals surface area (Å²) in [5.74, 6) is -0.0143. The number of hydrogen-bond donors (Lipinski definition) is 2. The summed E-state index contributed by atoms with van der Waals surface area (Å²) in [5, 5.41) is 12.0. The van der Waals surface area contributed by atoms with Crippen molar-refractivity contribution in [3.05, 3.63) is 30.1 Å². The minimum atomic E-state index is -0.818. The Hall–Kier alpha value is -1.66. The van der Waals surface area contributed by atoms with Gasteiger partial charge in [0.2, 0.25) is 0 Å². The summed E-state index contributed by atoms with van der Waals surface area (Å²) in [6.07, 6.45) is 3.96. The molecule has 0 aromatic carbocycles. The van der Waals surface area contributed by atoms with Crippen LogP contribution in [0.4, 0.5) is 0 Å². The Balaban J connectivity index is 0.00000176. The summed E-state index contributed by atoms with van der Waals surface area (Å²) in [4.78, 5) is 29.0. The van der Waals surface area contributed by atoms with Crippen molar-refractivity contribution in [2.45, 2.75) is 18.9 Å². The second-order valence-corrected chi connectivity index (χ2v) is 5.88. The average molecular weight is 326 g/mol. The van der Waals surface area contributed by atoms with Crippen LogP contribution >= 0.6 is 12.4 Å². The van der Waals surface area contributed by atoms with Crippen molar-refractivity contribution in [3.63, 3.8) is 0 Å². The maximum atomic E-state index is 12.2. The highest BCUT2D eigenvalue weighted by atomic mass is 35.5. The van der Waals surface area contributed by atoms with Crippen LogP contribution in [0.2, 0.25) is 0 Å². The predicted octanol–water partition coefficient (Wildman–Crippen LogP) is 1.03. The number of carbonyl (C=O) groups is 2. The van der Waals surface area contributed by atoms with Crippen molar-refractivity contribution in [2.24, 2.45) is 11.8 Å². The van der Waals surface area contributed by atoms with E-state index in [0.29, 0.717) is 24.1 Å². The molecule has 0 unspecified atom stereocenters. The molecule has 120 valence electrons. The molecule has 0 spiro atoms.